The zero-order valence-electron chi connectivity index (χ0n) is 8.63. The summed E-state index contributed by atoms with van der Waals surface area (Å²) in [4.78, 5) is 10.8. The molecule has 76 valence electrons. The number of hydrogen-bond donors (Lipinski definition) is 2. The smallest absolute Gasteiger partial charge is 0.307 e. The van der Waals surface area contributed by atoms with Crippen molar-refractivity contribution in [2.75, 3.05) is 13.1 Å². The topological polar surface area (TPSA) is 49.3 Å². The third-order valence-electron chi connectivity index (χ3n) is 2.92. The van der Waals surface area contributed by atoms with Crippen LogP contribution in [0.2, 0.25) is 0 Å². The minimum atomic E-state index is -0.665. The van der Waals surface area contributed by atoms with Gasteiger partial charge >= 0.3 is 5.97 Å². The fraction of sp³-hybridized carbons (Fsp3) is 0.900. The standard InChI is InChI=1S/C10H19NO2/c1-10(2,3)8-4-7(9(12)13)5-11-6-8/h7-8,11H,4-6H2,1-3H3,(H,12,13)/t7-,8+/m0/s1. The van der Waals surface area contributed by atoms with Crippen LogP contribution in [-0.2, 0) is 4.79 Å². The second kappa shape index (κ2) is 3.66. The van der Waals surface area contributed by atoms with Gasteiger partial charge in [-0.3, -0.25) is 4.79 Å². The van der Waals surface area contributed by atoms with Crippen LogP contribution in [-0.4, -0.2) is 24.2 Å². The Morgan fingerprint density at radius 3 is 2.46 bits per heavy atom. The Bertz CT molecular complexity index is 196. The van der Waals surface area contributed by atoms with Gasteiger partial charge in [0.25, 0.3) is 0 Å². The molecule has 0 radical (unpaired) electrons. The minimum Gasteiger partial charge on any atom is -0.481 e. The van der Waals surface area contributed by atoms with Gasteiger partial charge < -0.3 is 10.4 Å². The van der Waals surface area contributed by atoms with Crippen LogP contribution < -0.4 is 5.32 Å². The first-order valence-corrected chi connectivity index (χ1v) is 4.85. The summed E-state index contributed by atoms with van der Waals surface area (Å²) in [5.74, 6) is -0.387. The molecule has 1 saturated heterocycles. The van der Waals surface area contributed by atoms with E-state index in [1.54, 1.807) is 0 Å². The first kappa shape index (κ1) is 10.5. The van der Waals surface area contributed by atoms with Gasteiger partial charge in [0.2, 0.25) is 0 Å². The number of hydrogen-bond acceptors (Lipinski definition) is 2. The second-order valence-corrected chi connectivity index (χ2v) is 4.99. The first-order valence-electron chi connectivity index (χ1n) is 4.85. The molecule has 13 heavy (non-hydrogen) atoms. The molecule has 0 spiro atoms. The highest BCUT2D eigenvalue weighted by Crippen LogP contribution is 2.32. The van der Waals surface area contributed by atoms with Crippen LogP contribution in [0.25, 0.3) is 0 Å². The lowest BCUT2D eigenvalue weighted by Gasteiger charge is -2.36. The summed E-state index contributed by atoms with van der Waals surface area (Å²) >= 11 is 0. The largest absolute Gasteiger partial charge is 0.481 e. The Labute approximate surface area is 79.5 Å². The summed E-state index contributed by atoms with van der Waals surface area (Å²) < 4.78 is 0. The van der Waals surface area contributed by atoms with Crippen molar-refractivity contribution >= 4 is 5.97 Å². The van der Waals surface area contributed by atoms with E-state index >= 15 is 0 Å². The molecule has 0 aliphatic carbocycles. The minimum absolute atomic E-state index is 0.196. The molecule has 0 aromatic carbocycles. The van der Waals surface area contributed by atoms with Crippen LogP contribution in [0.15, 0.2) is 0 Å². The molecule has 3 nitrogen and oxygen atoms in total. The van der Waals surface area contributed by atoms with E-state index in [0.717, 1.165) is 13.0 Å². The zero-order valence-corrected chi connectivity index (χ0v) is 8.63. The van der Waals surface area contributed by atoms with Crippen molar-refractivity contribution in [3.63, 3.8) is 0 Å². The Morgan fingerprint density at radius 1 is 1.38 bits per heavy atom. The van der Waals surface area contributed by atoms with Crippen LogP contribution in [0.4, 0.5) is 0 Å². The monoisotopic (exact) mass is 185 g/mol. The van der Waals surface area contributed by atoms with Crippen molar-refractivity contribution in [3.8, 4) is 0 Å². The maximum absolute atomic E-state index is 10.8. The Balaban J connectivity index is 2.57. The van der Waals surface area contributed by atoms with Crippen molar-refractivity contribution in [1.29, 1.82) is 0 Å². The summed E-state index contributed by atoms with van der Waals surface area (Å²) in [5, 5.41) is 12.1. The highest BCUT2D eigenvalue weighted by atomic mass is 16.4. The average molecular weight is 185 g/mol. The molecule has 0 amide bonds. The third kappa shape index (κ3) is 2.69. The van der Waals surface area contributed by atoms with E-state index < -0.39 is 5.97 Å². The second-order valence-electron chi connectivity index (χ2n) is 4.99. The molecule has 1 heterocycles. The molecule has 0 unspecified atom stereocenters. The number of piperidine rings is 1. The van der Waals surface area contributed by atoms with Gasteiger partial charge in [0.15, 0.2) is 0 Å². The molecule has 1 aliphatic rings. The van der Waals surface area contributed by atoms with E-state index in [9.17, 15) is 4.79 Å². The Hall–Kier alpha value is -0.570. The average Bonchev–Trinajstić information content (AvgIpc) is 2.03. The van der Waals surface area contributed by atoms with Crippen LogP contribution >= 0.6 is 0 Å². The summed E-state index contributed by atoms with van der Waals surface area (Å²) in [6, 6.07) is 0. The predicted molar refractivity (Wildman–Crippen MR) is 51.6 cm³/mol. The molecule has 0 aromatic heterocycles. The number of carbonyl (C=O) groups is 1. The maximum atomic E-state index is 10.8. The number of nitrogens with one attached hydrogen (secondary N) is 1. The van der Waals surface area contributed by atoms with Crippen molar-refractivity contribution in [1.82, 2.24) is 5.32 Å². The third-order valence-corrected chi connectivity index (χ3v) is 2.92. The molecule has 2 N–H and O–H groups in total. The molecular weight excluding hydrogens is 166 g/mol. The lowest BCUT2D eigenvalue weighted by Crippen LogP contribution is -2.44. The van der Waals surface area contributed by atoms with Crippen LogP contribution in [0.3, 0.4) is 0 Å². The molecule has 0 bridgehead atoms. The van der Waals surface area contributed by atoms with Gasteiger partial charge in [-0.15, -0.1) is 0 Å². The number of carboxylic acids is 1. The van der Waals surface area contributed by atoms with Crippen molar-refractivity contribution < 1.29 is 9.90 Å². The van der Waals surface area contributed by atoms with Crippen LogP contribution in [0.5, 0.6) is 0 Å². The first-order chi connectivity index (χ1) is 5.91. The lowest BCUT2D eigenvalue weighted by molar-refractivity contribution is -0.143. The van der Waals surface area contributed by atoms with Gasteiger partial charge in [-0.2, -0.15) is 0 Å². The van der Waals surface area contributed by atoms with E-state index in [-0.39, 0.29) is 11.3 Å². The van der Waals surface area contributed by atoms with E-state index in [1.807, 2.05) is 0 Å². The number of aliphatic carboxylic acids is 1. The van der Waals surface area contributed by atoms with Gasteiger partial charge in [-0.25, -0.2) is 0 Å². The predicted octanol–water partition coefficient (Wildman–Crippen LogP) is 1.34. The quantitative estimate of drug-likeness (QED) is 0.648. The Morgan fingerprint density at radius 2 is 2.00 bits per heavy atom. The van der Waals surface area contributed by atoms with Crippen molar-refractivity contribution in [2.24, 2.45) is 17.3 Å². The van der Waals surface area contributed by atoms with Crippen molar-refractivity contribution in [2.45, 2.75) is 27.2 Å². The molecule has 1 rings (SSSR count). The molecule has 1 fully saturated rings. The van der Waals surface area contributed by atoms with Crippen molar-refractivity contribution in [3.05, 3.63) is 0 Å². The normalized spacial score (nSPS) is 30.1. The van der Waals surface area contributed by atoms with Gasteiger partial charge in [-0.05, 0) is 24.3 Å². The summed E-state index contributed by atoms with van der Waals surface area (Å²) in [6.45, 7) is 8.09. The summed E-state index contributed by atoms with van der Waals surface area (Å²) in [7, 11) is 0. The Kier molecular flexibility index (Phi) is 2.96. The highest BCUT2D eigenvalue weighted by Gasteiger charge is 2.33. The SMILES string of the molecule is CC(C)(C)[C@H]1CNC[C@@H](C(=O)O)C1. The zero-order chi connectivity index (χ0) is 10.1. The maximum Gasteiger partial charge on any atom is 0.307 e. The number of carboxylic acid groups (broad SMARTS) is 1. The fourth-order valence-electron chi connectivity index (χ4n) is 1.79. The molecule has 0 aromatic rings. The van der Waals surface area contributed by atoms with Crippen LogP contribution in [0.1, 0.15) is 27.2 Å². The van der Waals surface area contributed by atoms with E-state index in [1.165, 1.54) is 0 Å². The van der Waals surface area contributed by atoms with E-state index in [4.69, 9.17) is 5.11 Å². The van der Waals surface area contributed by atoms with Crippen LogP contribution in [0, 0.1) is 17.3 Å². The van der Waals surface area contributed by atoms with E-state index in [0.29, 0.717) is 12.5 Å². The lowest BCUT2D eigenvalue weighted by atomic mass is 9.74. The van der Waals surface area contributed by atoms with E-state index in [2.05, 4.69) is 26.1 Å². The molecular formula is C10H19NO2. The van der Waals surface area contributed by atoms with Gasteiger partial charge in [0.1, 0.15) is 0 Å². The van der Waals surface area contributed by atoms with Gasteiger partial charge in [0, 0.05) is 6.54 Å². The molecule has 0 saturated carbocycles. The summed E-state index contributed by atoms with van der Waals surface area (Å²) in [5.41, 5.74) is 0.209. The molecule has 3 heteroatoms. The molecule has 2 atom stereocenters. The fourth-order valence-corrected chi connectivity index (χ4v) is 1.79. The van der Waals surface area contributed by atoms with Gasteiger partial charge in [-0.1, -0.05) is 20.8 Å². The summed E-state index contributed by atoms with van der Waals surface area (Å²) in [6.07, 6.45) is 0.811. The number of rotatable bonds is 1. The van der Waals surface area contributed by atoms with Gasteiger partial charge in [0.05, 0.1) is 5.92 Å². The molecule has 1 aliphatic heterocycles. The highest BCUT2D eigenvalue weighted by molar-refractivity contribution is 5.70.